The average Bonchev–Trinajstić information content (AvgIpc) is 2.71. The lowest BCUT2D eigenvalue weighted by Crippen LogP contribution is -2.21. The largest absolute Gasteiger partial charge is 0.508 e. The summed E-state index contributed by atoms with van der Waals surface area (Å²) < 4.78 is 0. The maximum Gasteiger partial charge on any atom is 0.115 e. The van der Waals surface area contributed by atoms with Crippen LogP contribution in [0.1, 0.15) is 23.6 Å². The van der Waals surface area contributed by atoms with Gasteiger partial charge in [0.05, 0.1) is 5.75 Å². The van der Waals surface area contributed by atoms with Gasteiger partial charge in [-0.05, 0) is 36.1 Å². The summed E-state index contributed by atoms with van der Waals surface area (Å²) in [5.74, 6) is 4.83. The standard InChI is InChI=1S/C14H17NOS/c1-2-8-17-9-7-15-14-6-3-11-10-12(16)4-5-13(11)14/h1,4-5,10,14-16H,3,6-9H2. The molecule has 0 heterocycles. The molecule has 1 aliphatic carbocycles. The minimum absolute atomic E-state index is 0.369. The maximum absolute atomic E-state index is 9.41. The predicted octanol–water partition coefficient (Wildman–Crippen LogP) is 2.34. The van der Waals surface area contributed by atoms with E-state index in [9.17, 15) is 5.11 Å². The fourth-order valence-corrected chi connectivity index (χ4v) is 2.78. The van der Waals surface area contributed by atoms with Crippen molar-refractivity contribution >= 4 is 11.8 Å². The van der Waals surface area contributed by atoms with E-state index in [4.69, 9.17) is 6.42 Å². The van der Waals surface area contributed by atoms with Crippen molar-refractivity contribution in [3.8, 4) is 18.1 Å². The number of phenolic OH excluding ortho intramolecular Hbond substituents is 1. The van der Waals surface area contributed by atoms with Crippen molar-refractivity contribution in [3.63, 3.8) is 0 Å². The molecule has 1 aromatic carbocycles. The summed E-state index contributed by atoms with van der Waals surface area (Å²) in [5.41, 5.74) is 2.61. The predicted molar refractivity (Wildman–Crippen MR) is 73.3 cm³/mol. The number of nitrogens with one attached hydrogen (secondary N) is 1. The molecule has 0 radical (unpaired) electrons. The second-order valence-electron chi connectivity index (χ2n) is 4.19. The summed E-state index contributed by atoms with van der Waals surface area (Å²) in [7, 11) is 0. The number of fused-ring (bicyclic) bond motifs is 1. The van der Waals surface area contributed by atoms with Gasteiger partial charge in [-0.3, -0.25) is 0 Å². The van der Waals surface area contributed by atoms with Gasteiger partial charge in [-0.15, -0.1) is 18.2 Å². The van der Waals surface area contributed by atoms with E-state index in [1.807, 2.05) is 12.1 Å². The topological polar surface area (TPSA) is 32.3 Å². The lowest BCUT2D eigenvalue weighted by Gasteiger charge is -2.13. The van der Waals surface area contributed by atoms with Crippen LogP contribution in [0.2, 0.25) is 0 Å². The molecule has 0 aliphatic heterocycles. The van der Waals surface area contributed by atoms with Crippen LogP contribution in [0.4, 0.5) is 0 Å². The Labute approximate surface area is 107 Å². The number of benzene rings is 1. The molecule has 3 heteroatoms. The zero-order valence-electron chi connectivity index (χ0n) is 9.78. The molecule has 0 spiro atoms. The number of thioether (sulfide) groups is 1. The third kappa shape index (κ3) is 3.18. The quantitative estimate of drug-likeness (QED) is 0.619. The molecule has 17 heavy (non-hydrogen) atoms. The molecule has 2 rings (SSSR count). The molecule has 0 amide bonds. The van der Waals surface area contributed by atoms with Crippen molar-refractivity contribution in [2.45, 2.75) is 18.9 Å². The number of phenols is 1. The van der Waals surface area contributed by atoms with Gasteiger partial charge in [0, 0.05) is 18.3 Å². The van der Waals surface area contributed by atoms with Crippen LogP contribution in [0, 0.1) is 12.3 Å². The number of rotatable bonds is 5. The number of aryl methyl sites for hydroxylation is 1. The Balaban J connectivity index is 1.83. The molecule has 2 N–H and O–H groups in total. The van der Waals surface area contributed by atoms with E-state index in [1.165, 1.54) is 11.1 Å². The molecule has 1 aromatic rings. The Morgan fingerprint density at radius 2 is 2.41 bits per heavy atom. The van der Waals surface area contributed by atoms with Gasteiger partial charge in [0.25, 0.3) is 0 Å². The Morgan fingerprint density at radius 3 is 3.24 bits per heavy atom. The summed E-state index contributed by atoms with van der Waals surface area (Å²) in [6, 6.07) is 6.12. The van der Waals surface area contributed by atoms with E-state index in [0.29, 0.717) is 11.8 Å². The SMILES string of the molecule is C#CCSCCNC1CCc2cc(O)ccc21. The summed E-state index contributed by atoms with van der Waals surface area (Å²) in [6.07, 6.45) is 7.37. The minimum Gasteiger partial charge on any atom is -0.508 e. The van der Waals surface area contributed by atoms with Gasteiger partial charge in [-0.25, -0.2) is 0 Å². The van der Waals surface area contributed by atoms with Crippen LogP contribution in [0.25, 0.3) is 0 Å². The van der Waals surface area contributed by atoms with Crippen molar-refractivity contribution < 1.29 is 5.11 Å². The molecule has 0 saturated heterocycles. The first-order chi connectivity index (χ1) is 8.31. The molecule has 1 aliphatic rings. The first-order valence-electron chi connectivity index (χ1n) is 5.87. The number of hydrogen-bond donors (Lipinski definition) is 2. The Bertz CT molecular complexity index is 425. The second-order valence-corrected chi connectivity index (χ2v) is 5.29. The highest BCUT2D eigenvalue weighted by Gasteiger charge is 2.21. The molecule has 0 saturated carbocycles. The van der Waals surface area contributed by atoms with E-state index in [2.05, 4.69) is 11.2 Å². The van der Waals surface area contributed by atoms with Crippen LogP contribution in [0.3, 0.4) is 0 Å². The number of hydrogen-bond acceptors (Lipinski definition) is 3. The van der Waals surface area contributed by atoms with E-state index in [1.54, 1.807) is 17.8 Å². The summed E-state index contributed by atoms with van der Waals surface area (Å²) in [6.45, 7) is 0.983. The van der Waals surface area contributed by atoms with Gasteiger partial charge in [-0.2, -0.15) is 0 Å². The van der Waals surface area contributed by atoms with Gasteiger partial charge in [0.1, 0.15) is 5.75 Å². The van der Waals surface area contributed by atoms with Crippen LogP contribution in [-0.2, 0) is 6.42 Å². The molecular weight excluding hydrogens is 230 g/mol. The van der Waals surface area contributed by atoms with Crippen molar-refractivity contribution in [2.24, 2.45) is 0 Å². The van der Waals surface area contributed by atoms with E-state index >= 15 is 0 Å². The zero-order valence-corrected chi connectivity index (χ0v) is 10.6. The Morgan fingerprint density at radius 1 is 1.53 bits per heavy atom. The van der Waals surface area contributed by atoms with Gasteiger partial charge < -0.3 is 10.4 Å². The smallest absolute Gasteiger partial charge is 0.115 e. The lowest BCUT2D eigenvalue weighted by atomic mass is 10.1. The first-order valence-corrected chi connectivity index (χ1v) is 7.03. The highest BCUT2D eigenvalue weighted by atomic mass is 32.2. The summed E-state index contributed by atoms with van der Waals surface area (Å²) in [4.78, 5) is 0. The van der Waals surface area contributed by atoms with Crippen LogP contribution >= 0.6 is 11.8 Å². The van der Waals surface area contributed by atoms with E-state index in [0.717, 1.165) is 30.9 Å². The van der Waals surface area contributed by atoms with Gasteiger partial charge in [-0.1, -0.05) is 12.0 Å². The Hall–Kier alpha value is -1.11. The fraction of sp³-hybridized carbons (Fsp3) is 0.429. The average molecular weight is 247 g/mol. The normalized spacial score (nSPS) is 17.7. The third-order valence-corrected chi connectivity index (χ3v) is 3.89. The molecule has 90 valence electrons. The van der Waals surface area contributed by atoms with Gasteiger partial charge in [0.2, 0.25) is 0 Å². The van der Waals surface area contributed by atoms with Crippen molar-refractivity contribution in [1.29, 1.82) is 0 Å². The van der Waals surface area contributed by atoms with Crippen LogP contribution in [0.15, 0.2) is 18.2 Å². The summed E-state index contributed by atoms with van der Waals surface area (Å²) >= 11 is 1.78. The highest BCUT2D eigenvalue weighted by Crippen LogP contribution is 2.33. The van der Waals surface area contributed by atoms with E-state index < -0.39 is 0 Å². The number of aromatic hydroxyl groups is 1. The molecule has 1 unspecified atom stereocenters. The van der Waals surface area contributed by atoms with E-state index in [-0.39, 0.29) is 0 Å². The molecule has 0 fully saturated rings. The van der Waals surface area contributed by atoms with Crippen LogP contribution in [0.5, 0.6) is 5.75 Å². The second kappa shape index (κ2) is 6.00. The highest BCUT2D eigenvalue weighted by molar-refractivity contribution is 7.99. The molecule has 0 aromatic heterocycles. The van der Waals surface area contributed by atoms with Gasteiger partial charge >= 0.3 is 0 Å². The number of terminal acetylenes is 1. The summed E-state index contributed by atoms with van der Waals surface area (Å²) in [5, 5.41) is 13.0. The van der Waals surface area contributed by atoms with Crippen LogP contribution in [-0.4, -0.2) is 23.2 Å². The van der Waals surface area contributed by atoms with Crippen molar-refractivity contribution in [3.05, 3.63) is 29.3 Å². The lowest BCUT2D eigenvalue weighted by molar-refractivity contribution is 0.474. The van der Waals surface area contributed by atoms with Crippen LogP contribution < -0.4 is 5.32 Å². The van der Waals surface area contributed by atoms with Crippen molar-refractivity contribution in [2.75, 3.05) is 18.1 Å². The molecular formula is C14H17NOS. The third-order valence-electron chi connectivity index (χ3n) is 3.03. The maximum atomic E-state index is 9.41. The van der Waals surface area contributed by atoms with Gasteiger partial charge in [0.15, 0.2) is 0 Å². The zero-order chi connectivity index (χ0) is 12.1. The molecule has 0 bridgehead atoms. The first kappa shape index (κ1) is 12.3. The molecule has 2 nitrogen and oxygen atoms in total. The minimum atomic E-state index is 0.369. The Kier molecular flexibility index (Phi) is 4.36. The fourth-order valence-electron chi connectivity index (χ4n) is 2.25. The molecule has 1 atom stereocenters. The van der Waals surface area contributed by atoms with Crippen molar-refractivity contribution in [1.82, 2.24) is 5.32 Å². The monoisotopic (exact) mass is 247 g/mol.